The molecule has 31 heavy (non-hydrogen) atoms. The third-order valence-electron chi connectivity index (χ3n) is 4.64. The van der Waals surface area contributed by atoms with Crippen molar-refractivity contribution >= 4 is 74.3 Å². The van der Waals surface area contributed by atoms with Crippen LogP contribution in [0.1, 0.15) is 18.4 Å². The Morgan fingerprint density at radius 3 is 3.06 bits per heavy atom. The molecule has 3 aromatic rings. The molecule has 2 aromatic carbocycles. The molecule has 1 saturated heterocycles. The van der Waals surface area contributed by atoms with Gasteiger partial charge >= 0.3 is 0 Å². The number of halogens is 2. The minimum Gasteiger partial charge on any atom is -0.506 e. The molecule has 1 atom stereocenters. The molecule has 0 aliphatic carbocycles. The van der Waals surface area contributed by atoms with Crippen LogP contribution in [0.5, 0.6) is 5.75 Å². The van der Waals surface area contributed by atoms with Crippen LogP contribution in [0.25, 0.3) is 10.2 Å². The van der Waals surface area contributed by atoms with Crippen molar-refractivity contribution < 1.29 is 14.6 Å². The normalized spacial score (nSPS) is 16.4. The molecule has 10 heteroatoms. The predicted octanol–water partition coefficient (Wildman–Crippen LogP) is 5.45. The van der Waals surface area contributed by atoms with Gasteiger partial charge in [0.1, 0.15) is 5.75 Å². The number of nitrogens with one attached hydrogen (secondary N) is 1. The van der Waals surface area contributed by atoms with Crippen molar-refractivity contribution in [3.8, 4) is 5.75 Å². The Kier molecular flexibility index (Phi) is 7.35. The van der Waals surface area contributed by atoms with Crippen molar-refractivity contribution in [2.45, 2.75) is 23.3 Å². The molecule has 0 radical (unpaired) electrons. The average Bonchev–Trinajstić information content (AvgIpc) is 3.41. The van der Waals surface area contributed by atoms with Gasteiger partial charge in [-0.15, -0.1) is 11.3 Å². The van der Waals surface area contributed by atoms with Gasteiger partial charge in [0.2, 0.25) is 5.91 Å². The Morgan fingerprint density at radius 2 is 2.26 bits per heavy atom. The van der Waals surface area contributed by atoms with Crippen LogP contribution in [0.15, 0.2) is 39.7 Å². The highest BCUT2D eigenvalue weighted by molar-refractivity contribution is 8.01. The Labute approximate surface area is 197 Å². The van der Waals surface area contributed by atoms with E-state index >= 15 is 0 Å². The largest absolute Gasteiger partial charge is 0.506 e. The van der Waals surface area contributed by atoms with Crippen LogP contribution < -0.4 is 5.32 Å². The molecular weight excluding hydrogens is 477 g/mol. The van der Waals surface area contributed by atoms with Crippen LogP contribution in [0.3, 0.4) is 0 Å². The summed E-state index contributed by atoms with van der Waals surface area (Å²) in [6.45, 7) is 1.34. The molecule has 2 N–H and O–H groups in total. The molecule has 4 rings (SSSR count). The first kappa shape index (κ1) is 22.4. The van der Waals surface area contributed by atoms with E-state index in [0.29, 0.717) is 28.6 Å². The van der Waals surface area contributed by atoms with E-state index in [0.717, 1.165) is 34.0 Å². The summed E-state index contributed by atoms with van der Waals surface area (Å²) in [6.07, 6.45) is 3.71. The molecule has 1 fully saturated rings. The second kappa shape index (κ2) is 10.2. The van der Waals surface area contributed by atoms with Crippen LogP contribution in [0, 0.1) is 0 Å². The smallest absolute Gasteiger partial charge is 0.230 e. The van der Waals surface area contributed by atoms with Gasteiger partial charge in [-0.25, -0.2) is 4.98 Å². The molecule has 1 amide bonds. The van der Waals surface area contributed by atoms with Gasteiger partial charge in [0, 0.05) is 30.0 Å². The summed E-state index contributed by atoms with van der Waals surface area (Å²) in [7, 11) is 0. The Balaban J connectivity index is 1.38. The van der Waals surface area contributed by atoms with Gasteiger partial charge in [0.15, 0.2) is 4.34 Å². The van der Waals surface area contributed by atoms with E-state index in [-0.39, 0.29) is 22.8 Å². The van der Waals surface area contributed by atoms with E-state index in [2.05, 4.69) is 15.3 Å². The number of rotatable bonds is 7. The van der Waals surface area contributed by atoms with E-state index in [1.165, 1.54) is 35.4 Å². The van der Waals surface area contributed by atoms with Gasteiger partial charge in [0.05, 0.1) is 32.8 Å². The number of aromatic nitrogens is 1. The van der Waals surface area contributed by atoms with E-state index in [1.54, 1.807) is 6.07 Å². The van der Waals surface area contributed by atoms with Crippen molar-refractivity contribution in [2.24, 2.45) is 4.99 Å². The van der Waals surface area contributed by atoms with Crippen molar-refractivity contribution in [1.29, 1.82) is 0 Å². The average molecular weight is 496 g/mol. The fourth-order valence-corrected chi connectivity index (χ4v) is 5.51. The number of aliphatic imine (C=N–C) groups is 1. The van der Waals surface area contributed by atoms with Crippen molar-refractivity contribution in [3.05, 3.63) is 45.9 Å². The molecule has 0 bridgehead atoms. The molecule has 6 nitrogen and oxygen atoms in total. The highest BCUT2D eigenvalue weighted by Gasteiger charge is 2.16. The van der Waals surface area contributed by atoms with Crippen molar-refractivity contribution in [1.82, 2.24) is 10.3 Å². The van der Waals surface area contributed by atoms with Crippen LogP contribution in [-0.4, -0.2) is 47.2 Å². The Morgan fingerprint density at radius 1 is 1.39 bits per heavy atom. The van der Waals surface area contributed by atoms with Crippen molar-refractivity contribution in [3.63, 3.8) is 0 Å². The molecule has 2 heterocycles. The zero-order valence-electron chi connectivity index (χ0n) is 16.3. The molecule has 1 aliphatic heterocycles. The fraction of sp³-hybridized carbons (Fsp3) is 0.286. The van der Waals surface area contributed by atoms with Gasteiger partial charge in [0.25, 0.3) is 0 Å². The van der Waals surface area contributed by atoms with Crippen LogP contribution in [0.2, 0.25) is 10.0 Å². The number of nitrogens with zero attached hydrogens (tertiary/aromatic N) is 2. The molecular formula is C21H19Cl2N3O3S2. The number of fused-ring (bicyclic) bond motifs is 1. The van der Waals surface area contributed by atoms with Gasteiger partial charge in [-0.3, -0.25) is 9.79 Å². The van der Waals surface area contributed by atoms with E-state index < -0.39 is 0 Å². The number of thiazole rings is 1. The number of carbonyl (C=O) groups is 1. The summed E-state index contributed by atoms with van der Waals surface area (Å²) >= 11 is 14.9. The molecule has 1 aromatic heterocycles. The number of thioether (sulfide) groups is 1. The van der Waals surface area contributed by atoms with E-state index in [9.17, 15) is 9.90 Å². The molecule has 0 unspecified atom stereocenters. The Hall–Kier alpha value is -1.84. The number of benzene rings is 2. The summed E-state index contributed by atoms with van der Waals surface area (Å²) in [5, 5.41) is 13.6. The lowest BCUT2D eigenvalue weighted by atomic mass is 10.2. The number of amides is 1. The fourth-order valence-electron chi connectivity index (χ4n) is 3.07. The molecule has 162 valence electrons. The predicted molar refractivity (Wildman–Crippen MR) is 128 cm³/mol. The molecule has 1 aliphatic rings. The van der Waals surface area contributed by atoms with Crippen LogP contribution in [-0.2, 0) is 9.53 Å². The number of phenolic OH excluding ortho intramolecular Hbond substituents is 1. The van der Waals surface area contributed by atoms with E-state index in [4.69, 9.17) is 27.9 Å². The maximum Gasteiger partial charge on any atom is 0.230 e. The number of phenols is 1. The first-order valence-corrected chi connectivity index (χ1v) is 12.2. The minimum absolute atomic E-state index is 0.0231. The third kappa shape index (κ3) is 5.90. The van der Waals surface area contributed by atoms with Gasteiger partial charge in [-0.2, -0.15) is 0 Å². The lowest BCUT2D eigenvalue weighted by Crippen LogP contribution is -2.32. The first-order chi connectivity index (χ1) is 15.0. The van der Waals surface area contributed by atoms with Crippen molar-refractivity contribution in [2.75, 3.05) is 18.9 Å². The Bertz CT molecular complexity index is 1130. The lowest BCUT2D eigenvalue weighted by molar-refractivity contribution is -0.119. The zero-order valence-corrected chi connectivity index (χ0v) is 19.5. The van der Waals surface area contributed by atoms with Crippen LogP contribution in [0.4, 0.5) is 5.69 Å². The second-order valence-electron chi connectivity index (χ2n) is 6.94. The van der Waals surface area contributed by atoms with Crippen LogP contribution >= 0.6 is 46.3 Å². The quantitative estimate of drug-likeness (QED) is 0.336. The monoisotopic (exact) mass is 495 g/mol. The first-order valence-electron chi connectivity index (χ1n) is 9.62. The summed E-state index contributed by atoms with van der Waals surface area (Å²) in [4.78, 5) is 21.0. The maximum atomic E-state index is 12.1. The number of aromatic hydroxyl groups is 1. The lowest BCUT2D eigenvalue weighted by Gasteiger charge is -2.09. The third-order valence-corrected chi connectivity index (χ3v) is 7.31. The van der Waals surface area contributed by atoms with Gasteiger partial charge in [-0.1, -0.05) is 35.0 Å². The highest BCUT2D eigenvalue weighted by Crippen LogP contribution is 2.33. The maximum absolute atomic E-state index is 12.1. The minimum atomic E-state index is -0.0647. The van der Waals surface area contributed by atoms with Gasteiger partial charge < -0.3 is 15.2 Å². The topological polar surface area (TPSA) is 83.8 Å². The summed E-state index contributed by atoms with van der Waals surface area (Å²) < 4.78 is 7.30. The number of hydrogen-bond acceptors (Lipinski definition) is 7. The van der Waals surface area contributed by atoms with E-state index in [1.807, 2.05) is 18.2 Å². The van der Waals surface area contributed by atoms with Gasteiger partial charge in [-0.05, 0) is 43.2 Å². The summed E-state index contributed by atoms with van der Waals surface area (Å²) in [5.74, 6) is 0.224. The standard InChI is InChI=1S/C21H19Cl2N3O3S2/c22-13-6-12(20(28)16(23)7-13)9-24-14-3-4-17-18(8-14)31-21(26-17)30-11-19(27)25-10-15-2-1-5-29-15/h3-4,6-9,15,28H,1-2,5,10-11H2,(H,25,27)/t15-/m1/s1. The highest BCUT2D eigenvalue weighted by atomic mass is 35.5. The zero-order chi connectivity index (χ0) is 21.8. The number of hydrogen-bond donors (Lipinski definition) is 2. The molecule has 0 spiro atoms. The molecule has 0 saturated carbocycles. The summed E-state index contributed by atoms with van der Waals surface area (Å²) in [6, 6.07) is 8.70. The SMILES string of the molecule is O=C(CSc1nc2ccc(N=Cc3cc(Cl)cc(Cl)c3O)cc2s1)NC[C@H]1CCCO1. The number of ether oxygens (including phenoxy) is 1. The number of carbonyl (C=O) groups excluding carboxylic acids is 1. The summed E-state index contributed by atoms with van der Waals surface area (Å²) in [5.41, 5.74) is 1.99. The second-order valence-corrected chi connectivity index (χ2v) is 10.0.